The summed E-state index contributed by atoms with van der Waals surface area (Å²) < 4.78 is 5.16. The van der Waals surface area contributed by atoms with Gasteiger partial charge in [0, 0.05) is 11.0 Å². The molecule has 0 heterocycles. The zero-order valence-electron chi connectivity index (χ0n) is 11.3. The smallest absolute Gasteiger partial charge is 0.326 e. The van der Waals surface area contributed by atoms with Crippen molar-refractivity contribution in [1.82, 2.24) is 5.32 Å². The molecule has 1 atom stereocenters. The monoisotopic (exact) mass is 259 g/mol. The van der Waals surface area contributed by atoms with Crippen molar-refractivity contribution in [3.8, 4) is 0 Å². The summed E-state index contributed by atoms with van der Waals surface area (Å²) in [6, 6.07) is 0. The fourth-order valence-electron chi connectivity index (χ4n) is 2.20. The highest BCUT2D eigenvalue weighted by atomic mass is 32.2. The fourth-order valence-corrected chi connectivity index (χ4v) is 3.66. The second-order valence-corrected chi connectivity index (χ2v) is 6.09. The number of hydrogen-bond donors (Lipinski definition) is 1. The Morgan fingerprint density at radius 3 is 2.59 bits per heavy atom. The van der Waals surface area contributed by atoms with Gasteiger partial charge in [-0.25, -0.2) is 0 Å². The molecule has 0 aromatic heterocycles. The molecular weight excluding hydrogens is 234 g/mol. The third-order valence-electron chi connectivity index (χ3n) is 3.20. The van der Waals surface area contributed by atoms with Crippen LogP contribution in [0.3, 0.4) is 0 Å². The van der Waals surface area contributed by atoms with Crippen LogP contribution in [0.2, 0.25) is 0 Å². The molecule has 0 bridgehead atoms. The lowest BCUT2D eigenvalue weighted by Crippen LogP contribution is -2.52. The summed E-state index contributed by atoms with van der Waals surface area (Å²) in [4.78, 5) is 12.0. The van der Waals surface area contributed by atoms with Crippen LogP contribution >= 0.6 is 11.8 Å². The fraction of sp³-hybridized carbons (Fsp3) is 0.923. The molecule has 0 spiro atoms. The summed E-state index contributed by atoms with van der Waals surface area (Å²) in [5.41, 5.74) is -0.530. The zero-order valence-corrected chi connectivity index (χ0v) is 12.1. The largest absolute Gasteiger partial charge is 0.465 e. The number of nitrogens with one attached hydrogen (secondary N) is 1. The maximum atomic E-state index is 12.0. The van der Waals surface area contributed by atoms with Crippen LogP contribution in [0.4, 0.5) is 0 Å². The van der Waals surface area contributed by atoms with E-state index in [1.54, 1.807) is 0 Å². The summed E-state index contributed by atoms with van der Waals surface area (Å²) >= 11 is 1.92. The van der Waals surface area contributed by atoms with Crippen LogP contribution < -0.4 is 5.32 Å². The van der Waals surface area contributed by atoms with Gasteiger partial charge in [0.25, 0.3) is 0 Å². The van der Waals surface area contributed by atoms with E-state index in [1.165, 1.54) is 25.7 Å². The maximum Gasteiger partial charge on any atom is 0.326 e. The second kappa shape index (κ2) is 7.27. The van der Waals surface area contributed by atoms with Crippen molar-refractivity contribution >= 4 is 17.7 Å². The quantitative estimate of drug-likeness (QED) is 0.713. The molecule has 3 nitrogen and oxygen atoms in total. The molecule has 100 valence electrons. The summed E-state index contributed by atoms with van der Waals surface area (Å²) in [6.45, 7) is 7.08. The average molecular weight is 259 g/mol. The number of carbonyl (C=O) groups is 1. The van der Waals surface area contributed by atoms with E-state index in [-0.39, 0.29) is 5.97 Å². The predicted molar refractivity (Wildman–Crippen MR) is 73.4 cm³/mol. The van der Waals surface area contributed by atoms with Gasteiger partial charge in [-0.2, -0.15) is 11.8 Å². The molecule has 0 amide bonds. The molecule has 1 rings (SSSR count). The third-order valence-corrected chi connectivity index (χ3v) is 4.89. The Balaban J connectivity index is 2.47. The number of ether oxygens (including phenoxy) is 1. The maximum absolute atomic E-state index is 12.0. The van der Waals surface area contributed by atoms with Gasteiger partial charge in [-0.05, 0) is 33.2 Å². The van der Waals surface area contributed by atoms with Crippen molar-refractivity contribution in [3.05, 3.63) is 0 Å². The first-order valence-electron chi connectivity index (χ1n) is 6.66. The van der Waals surface area contributed by atoms with Crippen molar-refractivity contribution in [2.24, 2.45) is 0 Å². The number of esters is 1. The first-order chi connectivity index (χ1) is 8.12. The molecule has 1 saturated carbocycles. The topological polar surface area (TPSA) is 38.3 Å². The van der Waals surface area contributed by atoms with Crippen molar-refractivity contribution in [3.63, 3.8) is 0 Å². The molecule has 1 fully saturated rings. The Labute approximate surface area is 109 Å². The van der Waals surface area contributed by atoms with Gasteiger partial charge in [0.2, 0.25) is 0 Å². The molecule has 1 aliphatic rings. The van der Waals surface area contributed by atoms with E-state index in [9.17, 15) is 4.79 Å². The normalized spacial score (nSPS) is 20.2. The molecule has 4 heteroatoms. The summed E-state index contributed by atoms with van der Waals surface area (Å²) in [5.74, 6) is 0.692. The Hall–Kier alpha value is -0.220. The van der Waals surface area contributed by atoms with E-state index in [2.05, 4.69) is 5.32 Å². The van der Waals surface area contributed by atoms with Crippen molar-refractivity contribution < 1.29 is 9.53 Å². The van der Waals surface area contributed by atoms with Gasteiger partial charge in [0.15, 0.2) is 0 Å². The molecule has 0 aromatic rings. The van der Waals surface area contributed by atoms with Gasteiger partial charge in [-0.1, -0.05) is 19.8 Å². The van der Waals surface area contributed by atoms with Gasteiger partial charge in [-0.15, -0.1) is 0 Å². The predicted octanol–water partition coefficient (Wildman–Crippen LogP) is 2.59. The number of hydrogen-bond acceptors (Lipinski definition) is 4. The van der Waals surface area contributed by atoms with Crippen molar-refractivity contribution in [2.75, 3.05) is 18.9 Å². The standard InChI is InChI=1S/C13H25NO2S/c1-4-14-13(3,12(15)16-5-2)10-17-11-8-6-7-9-11/h11,14H,4-10H2,1-3H3. The van der Waals surface area contributed by atoms with Crippen LogP contribution in [0.25, 0.3) is 0 Å². The SMILES string of the molecule is CCNC(C)(CSC1CCCC1)C(=O)OCC. The second-order valence-electron chi connectivity index (χ2n) is 4.80. The molecule has 17 heavy (non-hydrogen) atoms. The number of carbonyl (C=O) groups excluding carboxylic acids is 1. The first kappa shape index (κ1) is 14.8. The minimum absolute atomic E-state index is 0.118. The summed E-state index contributed by atoms with van der Waals surface area (Å²) in [5, 5.41) is 4.01. The van der Waals surface area contributed by atoms with E-state index in [0.717, 1.165) is 17.5 Å². The lowest BCUT2D eigenvalue weighted by Gasteiger charge is -2.28. The molecule has 1 N–H and O–H groups in total. The third kappa shape index (κ3) is 4.51. The van der Waals surface area contributed by atoms with Gasteiger partial charge in [0.1, 0.15) is 5.54 Å². The molecule has 0 aliphatic heterocycles. The van der Waals surface area contributed by atoms with E-state index < -0.39 is 5.54 Å². The van der Waals surface area contributed by atoms with Crippen LogP contribution in [0.1, 0.15) is 46.5 Å². The Kier molecular flexibility index (Phi) is 6.34. The lowest BCUT2D eigenvalue weighted by atomic mass is 10.1. The Bertz CT molecular complexity index is 242. The van der Waals surface area contributed by atoms with E-state index in [1.807, 2.05) is 32.5 Å². The van der Waals surface area contributed by atoms with Crippen molar-refractivity contribution in [1.29, 1.82) is 0 Å². The summed E-state index contributed by atoms with van der Waals surface area (Å²) in [7, 11) is 0. The first-order valence-corrected chi connectivity index (χ1v) is 7.71. The van der Waals surface area contributed by atoms with Crippen LogP contribution in [-0.2, 0) is 9.53 Å². The lowest BCUT2D eigenvalue weighted by molar-refractivity contribution is -0.149. The molecule has 0 saturated heterocycles. The Morgan fingerprint density at radius 1 is 1.41 bits per heavy atom. The number of thioether (sulfide) groups is 1. The highest BCUT2D eigenvalue weighted by Crippen LogP contribution is 2.31. The summed E-state index contributed by atoms with van der Waals surface area (Å²) in [6.07, 6.45) is 5.29. The minimum Gasteiger partial charge on any atom is -0.465 e. The average Bonchev–Trinajstić information content (AvgIpc) is 2.80. The highest BCUT2D eigenvalue weighted by molar-refractivity contribution is 8.00. The molecule has 1 unspecified atom stereocenters. The van der Waals surface area contributed by atoms with E-state index in [4.69, 9.17) is 4.74 Å². The van der Waals surface area contributed by atoms with Gasteiger partial charge in [-0.3, -0.25) is 4.79 Å². The number of likely N-dealkylation sites (N-methyl/N-ethyl adjacent to an activating group) is 1. The molecule has 0 radical (unpaired) electrons. The molecule has 1 aliphatic carbocycles. The van der Waals surface area contributed by atoms with Gasteiger partial charge >= 0.3 is 5.97 Å². The molecular formula is C13H25NO2S. The highest BCUT2D eigenvalue weighted by Gasteiger charge is 2.34. The van der Waals surface area contributed by atoms with Crippen LogP contribution in [0.15, 0.2) is 0 Å². The Morgan fingerprint density at radius 2 is 2.06 bits per heavy atom. The van der Waals surface area contributed by atoms with E-state index in [0.29, 0.717) is 6.61 Å². The van der Waals surface area contributed by atoms with E-state index >= 15 is 0 Å². The van der Waals surface area contributed by atoms with Crippen LogP contribution in [-0.4, -0.2) is 35.7 Å². The van der Waals surface area contributed by atoms with Crippen LogP contribution in [0, 0.1) is 0 Å². The minimum atomic E-state index is -0.530. The van der Waals surface area contributed by atoms with Gasteiger partial charge in [0.05, 0.1) is 6.61 Å². The molecule has 0 aromatic carbocycles. The van der Waals surface area contributed by atoms with Crippen molar-refractivity contribution in [2.45, 2.75) is 57.2 Å². The van der Waals surface area contributed by atoms with Crippen LogP contribution in [0.5, 0.6) is 0 Å². The van der Waals surface area contributed by atoms with Gasteiger partial charge < -0.3 is 10.1 Å². The zero-order chi connectivity index (χ0) is 12.7. The number of rotatable bonds is 7.